The molecule has 0 radical (unpaired) electrons. The van der Waals surface area contributed by atoms with Crippen LogP contribution in [0.3, 0.4) is 0 Å². The number of hydrogen-bond donors (Lipinski definition) is 1. The number of aliphatic hydroxyl groups is 1. The second-order valence-corrected chi connectivity index (χ2v) is 2.60. The summed E-state index contributed by atoms with van der Waals surface area (Å²) in [4.78, 5) is 0. The van der Waals surface area contributed by atoms with Gasteiger partial charge in [-0.3, -0.25) is 0 Å². The minimum atomic E-state index is -0.409. The fraction of sp³-hybridized carbons (Fsp3) is 1.00. The maximum Gasteiger partial charge on any atom is 0.0870 e. The van der Waals surface area contributed by atoms with Gasteiger partial charge in [-0.2, -0.15) is 0 Å². The van der Waals surface area contributed by atoms with Crippen molar-refractivity contribution in [3.8, 4) is 0 Å². The Balaban J connectivity index is 2.88. The van der Waals surface area contributed by atoms with E-state index in [1.54, 1.807) is 0 Å². The Morgan fingerprint density at radius 2 is 2.33 bits per heavy atom. The molecule has 4 heteroatoms. The molecule has 0 saturated heterocycles. The summed E-state index contributed by atoms with van der Waals surface area (Å²) in [7, 11) is 0. The van der Waals surface area contributed by atoms with Gasteiger partial charge in [0.05, 0.1) is 19.3 Å². The lowest BCUT2D eigenvalue weighted by atomic mass is 10.4. The smallest absolute Gasteiger partial charge is 0.0870 e. The number of rotatable bonds is 5. The average molecular weight is 217 g/mol. The average Bonchev–Trinajstić information content (AvgIpc) is 1.89. The van der Waals surface area contributed by atoms with E-state index >= 15 is 0 Å². The topological polar surface area (TPSA) is 29.5 Å². The standard InChI is InChI=1S/C5H10BrClO2/c6-3-5(8)4-9-2-1-7/h5,8H,1-4H2. The fourth-order valence-electron chi connectivity index (χ4n) is 0.318. The molecule has 1 atom stereocenters. The number of aliphatic hydroxyl groups excluding tert-OH is 1. The van der Waals surface area contributed by atoms with E-state index in [2.05, 4.69) is 15.9 Å². The van der Waals surface area contributed by atoms with Crippen LogP contribution in [-0.4, -0.2) is 35.6 Å². The molecule has 0 bridgehead atoms. The molecule has 0 aromatic carbocycles. The SMILES string of the molecule is OC(CBr)COCCCl. The molecular formula is C5H10BrClO2. The van der Waals surface area contributed by atoms with Crippen LogP contribution in [-0.2, 0) is 4.74 Å². The van der Waals surface area contributed by atoms with Crippen molar-refractivity contribution in [2.45, 2.75) is 6.10 Å². The first-order valence-corrected chi connectivity index (χ1v) is 4.34. The van der Waals surface area contributed by atoms with Crippen molar-refractivity contribution in [1.82, 2.24) is 0 Å². The van der Waals surface area contributed by atoms with Gasteiger partial charge >= 0.3 is 0 Å². The lowest BCUT2D eigenvalue weighted by molar-refractivity contribution is 0.0566. The molecule has 1 N–H and O–H groups in total. The summed E-state index contributed by atoms with van der Waals surface area (Å²) < 4.78 is 4.92. The van der Waals surface area contributed by atoms with Gasteiger partial charge in [0, 0.05) is 11.2 Å². The van der Waals surface area contributed by atoms with Gasteiger partial charge in [-0.05, 0) is 0 Å². The van der Waals surface area contributed by atoms with Crippen molar-refractivity contribution < 1.29 is 9.84 Å². The number of hydrogen-bond acceptors (Lipinski definition) is 2. The molecule has 2 nitrogen and oxygen atoms in total. The molecule has 0 aliphatic heterocycles. The third kappa shape index (κ3) is 6.58. The zero-order valence-electron chi connectivity index (χ0n) is 5.02. The van der Waals surface area contributed by atoms with Gasteiger partial charge < -0.3 is 9.84 Å². The van der Waals surface area contributed by atoms with Crippen LogP contribution in [0.4, 0.5) is 0 Å². The summed E-state index contributed by atoms with van der Waals surface area (Å²) in [6, 6.07) is 0. The van der Waals surface area contributed by atoms with Crippen LogP contribution in [0, 0.1) is 0 Å². The minimum Gasteiger partial charge on any atom is -0.390 e. The van der Waals surface area contributed by atoms with Crippen molar-refractivity contribution in [3.05, 3.63) is 0 Å². The highest BCUT2D eigenvalue weighted by Gasteiger charge is 1.99. The maximum absolute atomic E-state index is 8.87. The van der Waals surface area contributed by atoms with Crippen LogP contribution in [0.5, 0.6) is 0 Å². The predicted octanol–water partition coefficient (Wildman–Crippen LogP) is 0.998. The van der Waals surface area contributed by atoms with Crippen LogP contribution in [0.1, 0.15) is 0 Å². The summed E-state index contributed by atoms with van der Waals surface area (Å²) in [5, 5.41) is 9.42. The van der Waals surface area contributed by atoms with E-state index in [-0.39, 0.29) is 0 Å². The Morgan fingerprint density at radius 3 is 2.78 bits per heavy atom. The van der Waals surface area contributed by atoms with E-state index in [1.165, 1.54) is 0 Å². The molecule has 56 valence electrons. The molecule has 0 aromatic rings. The maximum atomic E-state index is 8.87. The van der Waals surface area contributed by atoms with Gasteiger partial charge in [0.1, 0.15) is 0 Å². The number of halogens is 2. The van der Waals surface area contributed by atoms with Gasteiger partial charge in [0.25, 0.3) is 0 Å². The quantitative estimate of drug-likeness (QED) is 0.550. The van der Waals surface area contributed by atoms with Crippen LogP contribution in [0.15, 0.2) is 0 Å². The van der Waals surface area contributed by atoms with Gasteiger partial charge in [-0.15, -0.1) is 11.6 Å². The molecule has 0 aliphatic rings. The summed E-state index contributed by atoms with van der Waals surface area (Å²) in [6.45, 7) is 0.865. The highest BCUT2D eigenvalue weighted by Crippen LogP contribution is 1.91. The van der Waals surface area contributed by atoms with Crippen LogP contribution in [0.25, 0.3) is 0 Å². The van der Waals surface area contributed by atoms with Crippen molar-refractivity contribution in [2.75, 3.05) is 24.4 Å². The van der Waals surface area contributed by atoms with E-state index in [4.69, 9.17) is 21.4 Å². The Labute approximate surface area is 68.3 Å². The Bertz CT molecular complexity index is 62.9. The van der Waals surface area contributed by atoms with Crippen LogP contribution < -0.4 is 0 Å². The Morgan fingerprint density at radius 1 is 1.67 bits per heavy atom. The number of ether oxygens (including phenoxy) is 1. The molecule has 1 unspecified atom stereocenters. The molecule has 0 amide bonds. The molecule has 9 heavy (non-hydrogen) atoms. The summed E-state index contributed by atoms with van der Waals surface area (Å²) in [5.74, 6) is 0.481. The first-order valence-electron chi connectivity index (χ1n) is 2.69. The molecule has 0 saturated carbocycles. The van der Waals surface area contributed by atoms with Gasteiger partial charge in [-0.1, -0.05) is 15.9 Å². The van der Waals surface area contributed by atoms with Crippen molar-refractivity contribution in [2.24, 2.45) is 0 Å². The van der Waals surface area contributed by atoms with E-state index in [0.717, 1.165) is 0 Å². The van der Waals surface area contributed by atoms with Crippen LogP contribution >= 0.6 is 27.5 Å². The summed E-state index contributed by atoms with van der Waals surface area (Å²) in [6.07, 6.45) is -0.409. The highest BCUT2D eigenvalue weighted by atomic mass is 79.9. The van der Waals surface area contributed by atoms with E-state index in [0.29, 0.717) is 24.4 Å². The molecule has 0 fully saturated rings. The minimum absolute atomic E-state index is 0.359. The Kier molecular flexibility index (Phi) is 7.33. The third-order valence-electron chi connectivity index (χ3n) is 0.710. The van der Waals surface area contributed by atoms with Gasteiger partial charge in [0.2, 0.25) is 0 Å². The molecule has 0 heterocycles. The molecule has 0 aliphatic carbocycles. The van der Waals surface area contributed by atoms with Crippen LogP contribution in [0.2, 0.25) is 0 Å². The summed E-state index contributed by atoms with van der Waals surface area (Å²) in [5.41, 5.74) is 0. The largest absolute Gasteiger partial charge is 0.390 e. The zero-order chi connectivity index (χ0) is 7.11. The predicted molar refractivity (Wildman–Crippen MR) is 41.3 cm³/mol. The highest BCUT2D eigenvalue weighted by molar-refractivity contribution is 9.09. The van der Waals surface area contributed by atoms with E-state index in [1.807, 2.05) is 0 Å². The third-order valence-corrected chi connectivity index (χ3v) is 1.61. The fourth-order valence-corrected chi connectivity index (χ4v) is 0.614. The van der Waals surface area contributed by atoms with Crippen molar-refractivity contribution >= 4 is 27.5 Å². The van der Waals surface area contributed by atoms with E-state index < -0.39 is 6.10 Å². The molecule has 0 aromatic heterocycles. The van der Waals surface area contributed by atoms with Gasteiger partial charge in [-0.25, -0.2) is 0 Å². The summed E-state index contributed by atoms with van der Waals surface area (Å²) >= 11 is 8.41. The van der Waals surface area contributed by atoms with E-state index in [9.17, 15) is 0 Å². The van der Waals surface area contributed by atoms with Crippen molar-refractivity contribution in [3.63, 3.8) is 0 Å². The zero-order valence-corrected chi connectivity index (χ0v) is 7.36. The lowest BCUT2D eigenvalue weighted by Gasteiger charge is -2.05. The second-order valence-electron chi connectivity index (χ2n) is 1.57. The Hall–Kier alpha value is 0.690. The molecule has 0 spiro atoms. The second kappa shape index (κ2) is 6.81. The van der Waals surface area contributed by atoms with Crippen molar-refractivity contribution in [1.29, 1.82) is 0 Å². The van der Waals surface area contributed by atoms with Gasteiger partial charge in [0.15, 0.2) is 0 Å². The molecule has 0 rings (SSSR count). The number of alkyl halides is 2. The normalized spacial score (nSPS) is 13.7. The first-order chi connectivity index (χ1) is 4.31. The molecular weight excluding hydrogens is 207 g/mol. The monoisotopic (exact) mass is 216 g/mol. The first kappa shape index (κ1) is 9.69. The lowest BCUT2D eigenvalue weighted by Crippen LogP contribution is -2.17.